The summed E-state index contributed by atoms with van der Waals surface area (Å²) in [4.78, 5) is 4.46. The Labute approximate surface area is 124 Å². The van der Waals surface area contributed by atoms with Crippen LogP contribution >= 0.6 is 22.6 Å². The maximum Gasteiger partial charge on any atom is 0.259 e. The van der Waals surface area contributed by atoms with Crippen molar-refractivity contribution in [1.29, 1.82) is 0 Å². The molecule has 2 aromatic carbocycles. The number of aromatic nitrogens is 2. The molecule has 0 aliphatic heterocycles. The van der Waals surface area contributed by atoms with Gasteiger partial charge in [-0.15, -0.1) is 0 Å². The van der Waals surface area contributed by atoms with Gasteiger partial charge in [0.25, 0.3) is 5.89 Å². The minimum atomic E-state index is 0.556. The zero-order chi connectivity index (χ0) is 13.2. The van der Waals surface area contributed by atoms with Gasteiger partial charge in [0.2, 0.25) is 5.82 Å². The van der Waals surface area contributed by atoms with E-state index >= 15 is 0 Å². The normalized spacial score (nSPS) is 10.6. The maximum atomic E-state index is 5.35. The lowest BCUT2D eigenvalue weighted by molar-refractivity contribution is 0.432. The molecule has 0 bridgehead atoms. The van der Waals surface area contributed by atoms with Gasteiger partial charge in [-0.2, -0.15) is 4.98 Å². The van der Waals surface area contributed by atoms with Gasteiger partial charge in [0.1, 0.15) is 0 Å². The van der Waals surface area contributed by atoms with Crippen LogP contribution in [0.2, 0.25) is 0 Å². The van der Waals surface area contributed by atoms with Gasteiger partial charge in [-0.1, -0.05) is 47.1 Å². The molecule has 1 heterocycles. The quantitative estimate of drug-likeness (QED) is 0.638. The van der Waals surface area contributed by atoms with Crippen molar-refractivity contribution in [2.45, 2.75) is 6.92 Å². The van der Waals surface area contributed by atoms with Crippen molar-refractivity contribution in [3.05, 3.63) is 57.7 Å². The highest BCUT2D eigenvalue weighted by molar-refractivity contribution is 14.1. The molecule has 0 saturated carbocycles. The highest BCUT2D eigenvalue weighted by atomic mass is 127. The Bertz CT molecular complexity index is 704. The number of hydrogen-bond donors (Lipinski definition) is 0. The second-order valence-corrected chi connectivity index (χ2v) is 5.43. The molecule has 3 rings (SSSR count). The predicted molar refractivity (Wildman–Crippen MR) is 82.6 cm³/mol. The van der Waals surface area contributed by atoms with Gasteiger partial charge in [0, 0.05) is 9.13 Å². The van der Waals surface area contributed by atoms with Crippen LogP contribution < -0.4 is 0 Å². The summed E-state index contributed by atoms with van der Waals surface area (Å²) in [5, 5.41) is 4.04. The summed E-state index contributed by atoms with van der Waals surface area (Å²) in [6, 6.07) is 16.0. The first kappa shape index (κ1) is 12.3. The van der Waals surface area contributed by atoms with Crippen molar-refractivity contribution in [3.63, 3.8) is 0 Å². The first-order valence-corrected chi connectivity index (χ1v) is 6.97. The van der Waals surface area contributed by atoms with Crippen LogP contribution in [-0.2, 0) is 0 Å². The Hall–Kier alpha value is -1.69. The topological polar surface area (TPSA) is 38.9 Å². The van der Waals surface area contributed by atoms with E-state index in [0.717, 1.165) is 14.7 Å². The fraction of sp³-hybridized carbons (Fsp3) is 0.0667. The Balaban J connectivity index is 2.00. The van der Waals surface area contributed by atoms with Gasteiger partial charge in [-0.3, -0.25) is 0 Å². The Morgan fingerprint density at radius 3 is 2.47 bits per heavy atom. The van der Waals surface area contributed by atoms with Gasteiger partial charge in [0.05, 0.1) is 5.56 Å². The summed E-state index contributed by atoms with van der Waals surface area (Å²) in [7, 11) is 0. The summed E-state index contributed by atoms with van der Waals surface area (Å²) in [5.41, 5.74) is 3.14. The molecule has 3 aromatic rings. The van der Waals surface area contributed by atoms with Gasteiger partial charge in [0.15, 0.2) is 0 Å². The lowest BCUT2D eigenvalue weighted by Gasteiger charge is -1.96. The van der Waals surface area contributed by atoms with E-state index in [1.807, 2.05) is 48.5 Å². The number of aryl methyl sites for hydroxylation is 1. The van der Waals surface area contributed by atoms with E-state index in [9.17, 15) is 0 Å². The van der Waals surface area contributed by atoms with E-state index in [2.05, 4.69) is 39.7 Å². The fourth-order valence-corrected chi connectivity index (χ4v) is 2.41. The highest BCUT2D eigenvalue weighted by Gasteiger charge is 2.12. The molecule has 0 fully saturated rings. The average Bonchev–Trinajstić information content (AvgIpc) is 2.89. The van der Waals surface area contributed by atoms with Crippen LogP contribution in [0.4, 0.5) is 0 Å². The van der Waals surface area contributed by atoms with E-state index in [-0.39, 0.29) is 0 Å². The number of nitrogens with zero attached hydrogens (tertiary/aromatic N) is 2. The van der Waals surface area contributed by atoms with Crippen molar-refractivity contribution in [1.82, 2.24) is 10.1 Å². The molecule has 0 aliphatic rings. The Morgan fingerprint density at radius 2 is 1.74 bits per heavy atom. The Kier molecular flexibility index (Phi) is 3.33. The maximum absolute atomic E-state index is 5.35. The van der Waals surface area contributed by atoms with E-state index < -0.39 is 0 Å². The molecule has 0 radical (unpaired) electrons. The molecule has 0 saturated heterocycles. The van der Waals surface area contributed by atoms with Crippen LogP contribution in [-0.4, -0.2) is 10.1 Å². The van der Waals surface area contributed by atoms with Crippen LogP contribution in [0.25, 0.3) is 22.8 Å². The van der Waals surface area contributed by atoms with E-state index in [1.54, 1.807) is 0 Å². The number of benzene rings is 2. The summed E-state index contributed by atoms with van der Waals surface area (Å²) < 4.78 is 6.45. The predicted octanol–water partition coefficient (Wildman–Crippen LogP) is 4.32. The highest BCUT2D eigenvalue weighted by Crippen LogP contribution is 2.25. The number of rotatable bonds is 2. The molecule has 0 spiro atoms. The monoisotopic (exact) mass is 362 g/mol. The molecule has 3 nitrogen and oxygen atoms in total. The van der Waals surface area contributed by atoms with Crippen LogP contribution in [0.15, 0.2) is 53.1 Å². The van der Waals surface area contributed by atoms with Crippen molar-refractivity contribution in [2.75, 3.05) is 0 Å². The third-order valence-electron chi connectivity index (χ3n) is 2.84. The SMILES string of the molecule is Cc1ccc(-c2noc(-c3ccccc3I)n2)cc1. The van der Waals surface area contributed by atoms with Crippen LogP contribution in [0.5, 0.6) is 0 Å². The zero-order valence-electron chi connectivity index (χ0n) is 10.3. The summed E-state index contributed by atoms with van der Waals surface area (Å²) in [6.45, 7) is 2.05. The first-order valence-electron chi connectivity index (χ1n) is 5.90. The summed E-state index contributed by atoms with van der Waals surface area (Å²) in [5.74, 6) is 1.18. The molecule has 19 heavy (non-hydrogen) atoms. The molecule has 94 valence electrons. The van der Waals surface area contributed by atoms with Gasteiger partial charge in [-0.25, -0.2) is 0 Å². The summed E-state index contributed by atoms with van der Waals surface area (Å²) in [6.07, 6.45) is 0. The minimum Gasteiger partial charge on any atom is -0.334 e. The average molecular weight is 362 g/mol. The van der Waals surface area contributed by atoms with Crippen molar-refractivity contribution in [2.24, 2.45) is 0 Å². The lowest BCUT2D eigenvalue weighted by Crippen LogP contribution is -1.83. The number of hydrogen-bond acceptors (Lipinski definition) is 3. The smallest absolute Gasteiger partial charge is 0.259 e. The molecule has 0 N–H and O–H groups in total. The molecule has 0 atom stereocenters. The lowest BCUT2D eigenvalue weighted by atomic mass is 10.1. The van der Waals surface area contributed by atoms with Crippen molar-refractivity contribution in [3.8, 4) is 22.8 Å². The molecule has 4 heteroatoms. The largest absolute Gasteiger partial charge is 0.334 e. The van der Waals surface area contributed by atoms with Crippen LogP contribution in [0, 0.1) is 10.5 Å². The Morgan fingerprint density at radius 1 is 1.00 bits per heavy atom. The third kappa shape index (κ3) is 2.53. The molecule has 0 aliphatic carbocycles. The second kappa shape index (κ2) is 5.13. The number of halogens is 1. The van der Waals surface area contributed by atoms with E-state index in [4.69, 9.17) is 4.52 Å². The second-order valence-electron chi connectivity index (χ2n) is 4.27. The van der Waals surface area contributed by atoms with Gasteiger partial charge < -0.3 is 4.52 Å². The van der Waals surface area contributed by atoms with Crippen molar-refractivity contribution >= 4 is 22.6 Å². The van der Waals surface area contributed by atoms with Gasteiger partial charge >= 0.3 is 0 Å². The van der Waals surface area contributed by atoms with Crippen LogP contribution in [0.3, 0.4) is 0 Å². The van der Waals surface area contributed by atoms with Crippen molar-refractivity contribution < 1.29 is 4.52 Å². The van der Waals surface area contributed by atoms with Crippen LogP contribution in [0.1, 0.15) is 5.56 Å². The minimum absolute atomic E-state index is 0.556. The standard InChI is InChI=1S/C15H11IN2O/c1-10-6-8-11(9-7-10)14-17-15(19-18-14)12-4-2-3-5-13(12)16/h2-9H,1H3. The zero-order valence-corrected chi connectivity index (χ0v) is 12.5. The van der Waals surface area contributed by atoms with E-state index in [1.165, 1.54) is 5.56 Å². The third-order valence-corrected chi connectivity index (χ3v) is 3.78. The summed E-state index contributed by atoms with van der Waals surface area (Å²) >= 11 is 2.26. The molecular weight excluding hydrogens is 351 g/mol. The molecule has 1 aromatic heterocycles. The molecule has 0 unspecified atom stereocenters. The molecule has 0 amide bonds. The van der Waals surface area contributed by atoms with Gasteiger partial charge in [-0.05, 0) is 41.6 Å². The molecular formula is C15H11IN2O. The fourth-order valence-electron chi connectivity index (χ4n) is 1.79. The van der Waals surface area contributed by atoms with E-state index in [0.29, 0.717) is 11.7 Å². The first-order chi connectivity index (χ1) is 9.24.